The van der Waals surface area contributed by atoms with Gasteiger partial charge in [-0.25, -0.2) is 44.9 Å². The van der Waals surface area contributed by atoms with E-state index in [1.165, 1.54) is 21.5 Å². The van der Waals surface area contributed by atoms with Crippen LogP contribution in [-0.2, 0) is 0 Å². The molecule has 0 fully saturated rings. The van der Waals surface area contributed by atoms with Gasteiger partial charge in [-0.3, -0.25) is 0 Å². The lowest BCUT2D eigenvalue weighted by atomic mass is 9.93. The molecule has 0 aliphatic rings. The van der Waals surface area contributed by atoms with Gasteiger partial charge < -0.3 is 0 Å². The van der Waals surface area contributed by atoms with Crippen LogP contribution in [0.3, 0.4) is 0 Å². The van der Waals surface area contributed by atoms with Crippen LogP contribution >= 0.6 is 0 Å². The summed E-state index contributed by atoms with van der Waals surface area (Å²) in [5, 5.41) is 9.38. The first-order valence-electron chi connectivity index (χ1n) is 25.1. The lowest BCUT2D eigenvalue weighted by molar-refractivity contribution is 0.978. The normalized spacial score (nSPS) is 11.4. The van der Waals surface area contributed by atoms with E-state index < -0.39 is 0 Å². The van der Waals surface area contributed by atoms with E-state index >= 15 is 0 Å². The van der Waals surface area contributed by atoms with Crippen molar-refractivity contribution in [2.45, 2.75) is 0 Å². The van der Waals surface area contributed by atoms with Crippen LogP contribution in [0, 0.1) is 0 Å². The molecule has 14 rings (SSSR count). The van der Waals surface area contributed by atoms with Crippen molar-refractivity contribution in [1.29, 1.82) is 0 Å². The van der Waals surface area contributed by atoms with Gasteiger partial charge >= 0.3 is 0 Å². The maximum atomic E-state index is 5.32. The van der Waals surface area contributed by atoms with Gasteiger partial charge in [0.05, 0.1) is 0 Å². The van der Waals surface area contributed by atoms with Gasteiger partial charge in [0.2, 0.25) is 23.3 Å². The molecule has 0 aliphatic carbocycles. The average molecular weight is 972 g/mol. The highest BCUT2D eigenvalue weighted by Crippen LogP contribution is 2.37. The number of hydrogen-bond donors (Lipinski definition) is 0. The molecule has 0 unspecified atom stereocenters. The molecule has 3 heterocycles. The third-order valence-corrected chi connectivity index (χ3v) is 13.7. The van der Waals surface area contributed by atoms with Gasteiger partial charge in [-0.15, -0.1) is 0 Å². The monoisotopic (exact) mass is 971 g/mol. The molecule has 14 aromatic rings. The fourth-order valence-corrected chi connectivity index (χ4v) is 9.85. The van der Waals surface area contributed by atoms with Gasteiger partial charge in [0.15, 0.2) is 29.1 Å². The summed E-state index contributed by atoms with van der Waals surface area (Å²) in [6.45, 7) is 0. The first-order chi connectivity index (χ1) is 37.6. The SMILES string of the molecule is c1ccc(-c2nc(-c3ccccc3)nc(-c3nc(-c4cc(-c5ccc6cc7ccccc7cc6c5)cc(-c5ccc6cc7ccccc7cc6c5)c4)nc(-c4nc(-c5ccccc5)nc(-c5ccccc5)n4)n3)n2)cc1. The fourth-order valence-electron chi connectivity index (χ4n) is 9.85. The maximum Gasteiger partial charge on any atom is 0.202 e. The molecular formula is C67H41N9. The Morgan fingerprint density at radius 1 is 0.132 bits per heavy atom. The van der Waals surface area contributed by atoms with Crippen LogP contribution in [0.5, 0.6) is 0 Å². The van der Waals surface area contributed by atoms with E-state index in [9.17, 15) is 0 Å². The van der Waals surface area contributed by atoms with Crippen LogP contribution in [0.25, 0.3) is 146 Å². The predicted molar refractivity (Wildman–Crippen MR) is 306 cm³/mol. The van der Waals surface area contributed by atoms with E-state index in [1.54, 1.807) is 0 Å². The molecule has 0 aliphatic heterocycles. The maximum absolute atomic E-state index is 5.32. The van der Waals surface area contributed by atoms with Crippen LogP contribution in [0.4, 0.5) is 0 Å². The van der Waals surface area contributed by atoms with Crippen LogP contribution in [0.2, 0.25) is 0 Å². The first kappa shape index (κ1) is 44.2. The minimum Gasteiger partial charge on any atom is -0.208 e. The summed E-state index contributed by atoms with van der Waals surface area (Å²) >= 11 is 0. The lowest BCUT2D eigenvalue weighted by Gasteiger charge is -2.14. The van der Waals surface area contributed by atoms with E-state index in [1.807, 2.05) is 121 Å². The summed E-state index contributed by atoms with van der Waals surface area (Å²) in [4.78, 5) is 46.2. The Balaban J connectivity index is 1.02. The molecular weight excluding hydrogens is 931 g/mol. The molecule has 0 saturated carbocycles. The molecule has 11 aromatic carbocycles. The second kappa shape index (κ2) is 18.8. The van der Waals surface area contributed by atoms with Gasteiger partial charge in [0.1, 0.15) is 0 Å². The summed E-state index contributed by atoms with van der Waals surface area (Å²) in [5.74, 6) is 3.26. The molecule has 0 amide bonds. The highest BCUT2D eigenvalue weighted by atomic mass is 15.1. The summed E-state index contributed by atoms with van der Waals surface area (Å²) in [6.07, 6.45) is 0. The Kier molecular flexibility index (Phi) is 11.0. The van der Waals surface area contributed by atoms with Crippen molar-refractivity contribution in [3.63, 3.8) is 0 Å². The number of aromatic nitrogens is 9. The molecule has 0 spiro atoms. The predicted octanol–water partition coefficient (Wildman–Crippen LogP) is 15.9. The van der Waals surface area contributed by atoms with E-state index in [2.05, 4.69) is 127 Å². The summed E-state index contributed by atoms with van der Waals surface area (Å²) in [7, 11) is 0. The topological polar surface area (TPSA) is 116 Å². The highest BCUT2D eigenvalue weighted by Gasteiger charge is 2.22. The molecule has 9 heteroatoms. The molecule has 3 aromatic heterocycles. The molecule has 0 bridgehead atoms. The zero-order chi connectivity index (χ0) is 50.4. The molecule has 76 heavy (non-hydrogen) atoms. The largest absolute Gasteiger partial charge is 0.208 e. The molecule has 9 nitrogen and oxygen atoms in total. The van der Waals surface area contributed by atoms with E-state index in [0.717, 1.165) is 71.6 Å². The smallest absolute Gasteiger partial charge is 0.202 e. The van der Waals surface area contributed by atoms with Crippen molar-refractivity contribution < 1.29 is 0 Å². The first-order valence-corrected chi connectivity index (χ1v) is 25.1. The lowest BCUT2D eigenvalue weighted by Crippen LogP contribution is -2.08. The number of nitrogens with zero attached hydrogens (tertiary/aromatic N) is 9. The van der Waals surface area contributed by atoms with Crippen LogP contribution < -0.4 is 0 Å². The quantitative estimate of drug-likeness (QED) is 0.130. The minimum absolute atomic E-state index is 0.224. The Labute approximate surface area is 437 Å². The van der Waals surface area contributed by atoms with E-state index in [0.29, 0.717) is 29.1 Å². The molecule has 0 radical (unpaired) electrons. The third kappa shape index (κ3) is 8.63. The van der Waals surface area contributed by atoms with Crippen LogP contribution in [0.1, 0.15) is 0 Å². The standard InChI is InChI=1S/C67H41N9/c1-5-17-42(18-6-1)59-68-60(43-19-7-2-8-20-43)71-64(70-59)66-74-63(75-67(76-66)65-72-61(44-21-9-3-10-22-44)69-62(73-65)45-23-11-4-12-24-45)58-40-56(52-31-29-50-33-46-25-13-15-27-48(46)35-54(50)37-52)39-57(41-58)53-32-30-51-34-47-26-14-16-28-49(47)36-55(51)38-53/h1-41H. The number of fused-ring (bicyclic) bond motifs is 4. The molecule has 354 valence electrons. The Morgan fingerprint density at radius 2 is 0.368 bits per heavy atom. The average Bonchev–Trinajstić information content (AvgIpc) is 3.50. The highest BCUT2D eigenvalue weighted by molar-refractivity contribution is 6.01. The van der Waals surface area contributed by atoms with Crippen molar-refractivity contribution >= 4 is 43.1 Å². The number of benzene rings is 11. The zero-order valence-corrected chi connectivity index (χ0v) is 40.7. The van der Waals surface area contributed by atoms with Gasteiger partial charge in [0.25, 0.3) is 0 Å². The van der Waals surface area contributed by atoms with Crippen molar-refractivity contribution in [3.05, 3.63) is 249 Å². The second-order valence-electron chi connectivity index (χ2n) is 18.7. The number of rotatable bonds is 9. The van der Waals surface area contributed by atoms with Gasteiger partial charge in [-0.05, 0) is 120 Å². The summed E-state index contributed by atoms with van der Waals surface area (Å²) in [5.41, 5.74) is 8.08. The van der Waals surface area contributed by atoms with Crippen LogP contribution in [-0.4, -0.2) is 44.9 Å². The number of hydrogen-bond acceptors (Lipinski definition) is 9. The van der Waals surface area contributed by atoms with Crippen molar-refractivity contribution in [3.8, 4) is 102 Å². The van der Waals surface area contributed by atoms with Crippen molar-refractivity contribution in [2.75, 3.05) is 0 Å². The molecule has 0 N–H and O–H groups in total. The van der Waals surface area contributed by atoms with Crippen molar-refractivity contribution in [2.24, 2.45) is 0 Å². The third-order valence-electron chi connectivity index (χ3n) is 13.7. The van der Waals surface area contributed by atoms with Crippen LogP contribution in [0.15, 0.2) is 249 Å². The zero-order valence-electron chi connectivity index (χ0n) is 40.7. The Morgan fingerprint density at radius 3 is 0.697 bits per heavy atom. The van der Waals surface area contributed by atoms with E-state index in [-0.39, 0.29) is 23.3 Å². The van der Waals surface area contributed by atoms with E-state index in [4.69, 9.17) is 44.9 Å². The summed E-state index contributed by atoms with van der Waals surface area (Å²) < 4.78 is 0. The molecule has 0 saturated heterocycles. The van der Waals surface area contributed by atoms with Gasteiger partial charge in [-0.1, -0.05) is 194 Å². The van der Waals surface area contributed by atoms with Crippen molar-refractivity contribution in [1.82, 2.24) is 44.9 Å². The second-order valence-corrected chi connectivity index (χ2v) is 18.7. The Hall–Kier alpha value is -10.5. The Bertz CT molecular complexity index is 4120. The van der Waals surface area contributed by atoms with Gasteiger partial charge in [0, 0.05) is 27.8 Å². The minimum atomic E-state index is 0.224. The summed E-state index contributed by atoms with van der Waals surface area (Å²) in [6, 6.07) is 85.4. The molecule has 0 atom stereocenters. The fraction of sp³-hybridized carbons (Fsp3) is 0. The van der Waals surface area contributed by atoms with Gasteiger partial charge in [-0.2, -0.15) is 0 Å².